The molecular weight excluding hydrogens is 315 g/mol. The SMILES string of the molecule is COCCOc1cc(NC(=O)Nc2cccc(F)c2)ccc1OC. The van der Waals surface area contributed by atoms with Crippen LogP contribution in [0.4, 0.5) is 20.6 Å². The second-order valence-electron chi connectivity index (χ2n) is 4.80. The Morgan fingerprint density at radius 3 is 2.42 bits per heavy atom. The molecule has 0 saturated carbocycles. The van der Waals surface area contributed by atoms with Gasteiger partial charge in [0.2, 0.25) is 0 Å². The normalized spacial score (nSPS) is 10.1. The molecule has 0 heterocycles. The van der Waals surface area contributed by atoms with Gasteiger partial charge in [0.25, 0.3) is 0 Å². The maximum atomic E-state index is 13.1. The number of carbonyl (C=O) groups is 1. The van der Waals surface area contributed by atoms with Gasteiger partial charge >= 0.3 is 6.03 Å². The lowest BCUT2D eigenvalue weighted by Crippen LogP contribution is -2.19. The summed E-state index contributed by atoms with van der Waals surface area (Å²) >= 11 is 0. The third-order valence-corrected chi connectivity index (χ3v) is 3.05. The van der Waals surface area contributed by atoms with Crippen molar-refractivity contribution >= 4 is 17.4 Å². The fourth-order valence-corrected chi connectivity index (χ4v) is 1.96. The summed E-state index contributed by atoms with van der Waals surface area (Å²) in [6.45, 7) is 0.784. The number of benzene rings is 2. The van der Waals surface area contributed by atoms with Crippen molar-refractivity contribution in [3.05, 3.63) is 48.3 Å². The highest BCUT2D eigenvalue weighted by Crippen LogP contribution is 2.30. The van der Waals surface area contributed by atoms with E-state index in [1.807, 2.05) is 0 Å². The maximum Gasteiger partial charge on any atom is 0.323 e. The zero-order valence-electron chi connectivity index (χ0n) is 13.5. The maximum absolute atomic E-state index is 13.1. The Morgan fingerprint density at radius 1 is 1.00 bits per heavy atom. The van der Waals surface area contributed by atoms with E-state index in [9.17, 15) is 9.18 Å². The van der Waals surface area contributed by atoms with Gasteiger partial charge in [0, 0.05) is 24.6 Å². The summed E-state index contributed by atoms with van der Waals surface area (Å²) in [6, 6.07) is 10.1. The number of urea groups is 1. The van der Waals surface area contributed by atoms with Crippen LogP contribution < -0.4 is 20.1 Å². The average Bonchev–Trinajstić information content (AvgIpc) is 2.55. The van der Waals surface area contributed by atoms with Crippen molar-refractivity contribution in [2.45, 2.75) is 0 Å². The van der Waals surface area contributed by atoms with E-state index in [0.29, 0.717) is 36.1 Å². The molecular formula is C17H19FN2O4. The lowest BCUT2D eigenvalue weighted by atomic mass is 10.2. The van der Waals surface area contributed by atoms with Crippen molar-refractivity contribution in [3.63, 3.8) is 0 Å². The number of hydrogen-bond acceptors (Lipinski definition) is 4. The third-order valence-electron chi connectivity index (χ3n) is 3.05. The molecule has 0 aliphatic heterocycles. The van der Waals surface area contributed by atoms with Gasteiger partial charge in [-0.2, -0.15) is 0 Å². The van der Waals surface area contributed by atoms with Crippen molar-refractivity contribution in [1.82, 2.24) is 0 Å². The Hall–Kier alpha value is -2.80. The van der Waals surface area contributed by atoms with Gasteiger partial charge in [-0.15, -0.1) is 0 Å². The van der Waals surface area contributed by atoms with E-state index in [1.54, 1.807) is 31.4 Å². The van der Waals surface area contributed by atoms with Crippen LogP contribution in [-0.4, -0.2) is 33.5 Å². The predicted molar refractivity (Wildman–Crippen MR) is 89.4 cm³/mol. The molecule has 2 rings (SSSR count). The zero-order valence-corrected chi connectivity index (χ0v) is 13.5. The van der Waals surface area contributed by atoms with Gasteiger partial charge in [-0.3, -0.25) is 0 Å². The van der Waals surface area contributed by atoms with E-state index >= 15 is 0 Å². The van der Waals surface area contributed by atoms with Gasteiger partial charge in [0.1, 0.15) is 12.4 Å². The van der Waals surface area contributed by atoms with E-state index in [1.165, 1.54) is 25.3 Å². The first-order chi connectivity index (χ1) is 11.6. The van der Waals surface area contributed by atoms with Gasteiger partial charge in [0.05, 0.1) is 13.7 Å². The molecule has 0 radical (unpaired) electrons. The summed E-state index contributed by atoms with van der Waals surface area (Å²) in [5.41, 5.74) is 0.870. The molecule has 0 atom stereocenters. The highest BCUT2D eigenvalue weighted by atomic mass is 19.1. The monoisotopic (exact) mass is 334 g/mol. The second-order valence-corrected chi connectivity index (χ2v) is 4.80. The Balaban J connectivity index is 2.02. The summed E-state index contributed by atoms with van der Waals surface area (Å²) in [7, 11) is 3.11. The standard InChI is InChI=1S/C17H19FN2O4/c1-22-8-9-24-16-11-14(6-7-15(16)23-2)20-17(21)19-13-5-3-4-12(18)10-13/h3-7,10-11H,8-9H2,1-2H3,(H2,19,20,21). The van der Waals surface area contributed by atoms with Crippen LogP contribution >= 0.6 is 0 Å². The number of anilines is 2. The molecule has 2 aromatic rings. The van der Waals surface area contributed by atoms with Crippen molar-refractivity contribution in [1.29, 1.82) is 0 Å². The summed E-state index contributed by atoms with van der Waals surface area (Å²) in [5.74, 6) is 0.603. The number of carbonyl (C=O) groups excluding carboxylic acids is 1. The van der Waals surface area contributed by atoms with Crippen molar-refractivity contribution in [2.24, 2.45) is 0 Å². The Bertz CT molecular complexity index is 694. The molecule has 24 heavy (non-hydrogen) atoms. The quantitative estimate of drug-likeness (QED) is 0.761. The van der Waals surface area contributed by atoms with Crippen LogP contribution in [0.15, 0.2) is 42.5 Å². The number of methoxy groups -OCH3 is 2. The largest absolute Gasteiger partial charge is 0.493 e. The summed E-state index contributed by atoms with van der Waals surface area (Å²) in [6.07, 6.45) is 0. The lowest BCUT2D eigenvalue weighted by Gasteiger charge is -2.13. The van der Waals surface area contributed by atoms with E-state index in [2.05, 4.69) is 10.6 Å². The Labute approximate surface area is 139 Å². The molecule has 6 nitrogen and oxygen atoms in total. The smallest absolute Gasteiger partial charge is 0.323 e. The minimum Gasteiger partial charge on any atom is -0.493 e. The second kappa shape index (κ2) is 8.73. The number of amides is 2. The van der Waals surface area contributed by atoms with Gasteiger partial charge in [-0.25, -0.2) is 9.18 Å². The van der Waals surface area contributed by atoms with E-state index in [4.69, 9.17) is 14.2 Å². The van der Waals surface area contributed by atoms with Gasteiger partial charge in [-0.05, 0) is 30.3 Å². The van der Waals surface area contributed by atoms with Crippen LogP contribution in [0.1, 0.15) is 0 Å². The van der Waals surface area contributed by atoms with Crippen LogP contribution in [0, 0.1) is 5.82 Å². The average molecular weight is 334 g/mol. The summed E-state index contributed by atoms with van der Waals surface area (Å²) in [5, 5.41) is 5.20. The first-order valence-electron chi connectivity index (χ1n) is 7.25. The topological polar surface area (TPSA) is 68.8 Å². The molecule has 2 amide bonds. The molecule has 0 aliphatic rings. The van der Waals surface area contributed by atoms with Gasteiger partial charge in [0.15, 0.2) is 11.5 Å². The minimum atomic E-state index is -0.492. The van der Waals surface area contributed by atoms with Gasteiger partial charge in [-0.1, -0.05) is 6.07 Å². The van der Waals surface area contributed by atoms with Crippen LogP contribution in [0.2, 0.25) is 0 Å². The predicted octanol–water partition coefficient (Wildman–Crippen LogP) is 3.50. The molecule has 0 unspecified atom stereocenters. The Kier molecular flexibility index (Phi) is 6.39. The fourth-order valence-electron chi connectivity index (χ4n) is 1.96. The van der Waals surface area contributed by atoms with Crippen molar-refractivity contribution < 1.29 is 23.4 Å². The molecule has 128 valence electrons. The van der Waals surface area contributed by atoms with Gasteiger partial charge < -0.3 is 24.8 Å². The number of hydrogen-bond donors (Lipinski definition) is 2. The van der Waals surface area contributed by atoms with E-state index in [0.717, 1.165) is 0 Å². The van der Waals surface area contributed by atoms with E-state index in [-0.39, 0.29) is 0 Å². The summed E-state index contributed by atoms with van der Waals surface area (Å²) in [4.78, 5) is 12.0. The number of nitrogens with one attached hydrogen (secondary N) is 2. The number of ether oxygens (including phenoxy) is 3. The highest BCUT2D eigenvalue weighted by Gasteiger charge is 2.09. The first kappa shape index (κ1) is 17.6. The van der Waals surface area contributed by atoms with Crippen molar-refractivity contribution in [3.8, 4) is 11.5 Å². The summed E-state index contributed by atoms with van der Waals surface area (Å²) < 4.78 is 28.8. The zero-order chi connectivity index (χ0) is 17.4. The minimum absolute atomic E-state index is 0.353. The van der Waals surface area contributed by atoms with Crippen molar-refractivity contribution in [2.75, 3.05) is 38.1 Å². The number of halogens is 1. The van der Waals surface area contributed by atoms with Crippen LogP contribution in [-0.2, 0) is 4.74 Å². The van der Waals surface area contributed by atoms with Crippen LogP contribution in [0.3, 0.4) is 0 Å². The molecule has 0 aromatic heterocycles. The molecule has 0 spiro atoms. The third kappa shape index (κ3) is 5.13. The van der Waals surface area contributed by atoms with Crippen LogP contribution in [0.25, 0.3) is 0 Å². The molecule has 2 N–H and O–H groups in total. The molecule has 0 fully saturated rings. The molecule has 0 bridgehead atoms. The number of rotatable bonds is 7. The fraction of sp³-hybridized carbons (Fsp3) is 0.235. The first-order valence-corrected chi connectivity index (χ1v) is 7.25. The molecule has 2 aromatic carbocycles. The van der Waals surface area contributed by atoms with Crippen LogP contribution in [0.5, 0.6) is 11.5 Å². The molecule has 7 heteroatoms. The lowest BCUT2D eigenvalue weighted by molar-refractivity contribution is 0.144. The molecule has 0 aliphatic carbocycles. The molecule has 0 saturated heterocycles. The van der Waals surface area contributed by atoms with E-state index < -0.39 is 11.8 Å². The Morgan fingerprint density at radius 2 is 1.75 bits per heavy atom. The highest BCUT2D eigenvalue weighted by molar-refractivity contribution is 5.99.